The maximum absolute atomic E-state index is 12.1. The van der Waals surface area contributed by atoms with Gasteiger partial charge in [0.05, 0.1) is 12.5 Å². The van der Waals surface area contributed by atoms with Gasteiger partial charge in [-0.05, 0) is 12.8 Å². The van der Waals surface area contributed by atoms with Crippen molar-refractivity contribution in [2.24, 2.45) is 5.92 Å². The molecule has 0 aromatic carbocycles. The highest BCUT2D eigenvalue weighted by Crippen LogP contribution is 2.34. The Morgan fingerprint density at radius 1 is 1.38 bits per heavy atom. The molecule has 2 nitrogen and oxygen atoms in total. The molecule has 1 N–H and O–H groups in total. The van der Waals surface area contributed by atoms with Crippen LogP contribution in [0.5, 0.6) is 0 Å². The van der Waals surface area contributed by atoms with Crippen molar-refractivity contribution in [1.82, 2.24) is 0 Å². The van der Waals surface area contributed by atoms with E-state index in [1.807, 2.05) is 0 Å². The number of rotatable bonds is 1. The van der Waals surface area contributed by atoms with Gasteiger partial charge < -0.3 is 9.84 Å². The van der Waals surface area contributed by atoms with Crippen molar-refractivity contribution in [2.75, 3.05) is 6.61 Å². The van der Waals surface area contributed by atoms with Crippen molar-refractivity contribution in [3.05, 3.63) is 12.3 Å². The quantitative estimate of drug-likeness (QED) is 0.652. The first-order chi connectivity index (χ1) is 5.91. The van der Waals surface area contributed by atoms with E-state index in [1.165, 1.54) is 0 Å². The van der Waals surface area contributed by atoms with Gasteiger partial charge in [0.2, 0.25) is 0 Å². The molecule has 5 heteroatoms. The summed E-state index contributed by atoms with van der Waals surface area (Å²) >= 11 is 0. The van der Waals surface area contributed by atoms with Crippen LogP contribution in [0.2, 0.25) is 0 Å². The van der Waals surface area contributed by atoms with Gasteiger partial charge in [-0.1, -0.05) is 6.58 Å². The van der Waals surface area contributed by atoms with Gasteiger partial charge in [-0.25, -0.2) is 0 Å². The minimum atomic E-state index is -4.19. The normalized spacial score (nSPS) is 30.1. The van der Waals surface area contributed by atoms with Crippen molar-refractivity contribution >= 4 is 0 Å². The van der Waals surface area contributed by atoms with Crippen LogP contribution in [0.3, 0.4) is 0 Å². The van der Waals surface area contributed by atoms with E-state index in [-0.39, 0.29) is 25.2 Å². The lowest BCUT2D eigenvalue weighted by Crippen LogP contribution is -2.35. The third-order valence-corrected chi connectivity index (χ3v) is 2.11. The largest absolute Gasteiger partial charge is 0.510 e. The van der Waals surface area contributed by atoms with Crippen LogP contribution in [0.1, 0.15) is 12.8 Å². The number of halogens is 3. The molecule has 0 amide bonds. The topological polar surface area (TPSA) is 29.5 Å². The van der Waals surface area contributed by atoms with Gasteiger partial charge in [-0.3, -0.25) is 0 Å². The molecular weight excluding hydrogens is 185 g/mol. The maximum Gasteiger partial charge on any atom is 0.394 e. The molecule has 0 aliphatic carbocycles. The molecule has 1 heterocycles. The lowest BCUT2D eigenvalue weighted by molar-refractivity contribution is -0.206. The van der Waals surface area contributed by atoms with Crippen LogP contribution in [-0.4, -0.2) is 24.0 Å². The summed E-state index contributed by atoms with van der Waals surface area (Å²) < 4.78 is 41.1. The summed E-state index contributed by atoms with van der Waals surface area (Å²) in [6, 6.07) is 0. The Morgan fingerprint density at radius 2 is 2.00 bits per heavy atom. The Bertz CT molecular complexity index is 192. The summed E-state index contributed by atoms with van der Waals surface area (Å²) in [5.74, 6) is -1.59. The predicted octanol–water partition coefficient (Wildman–Crippen LogP) is 2.42. The second-order valence-electron chi connectivity index (χ2n) is 3.13. The van der Waals surface area contributed by atoms with Crippen LogP contribution >= 0.6 is 0 Å². The van der Waals surface area contributed by atoms with Gasteiger partial charge >= 0.3 is 6.18 Å². The Labute approximate surface area is 74.0 Å². The average Bonchev–Trinajstić information content (AvgIpc) is 2.03. The molecule has 76 valence electrons. The molecule has 0 aromatic heterocycles. The summed E-state index contributed by atoms with van der Waals surface area (Å²) in [5.41, 5.74) is 0. The highest BCUT2D eigenvalue weighted by atomic mass is 19.4. The van der Waals surface area contributed by atoms with Gasteiger partial charge in [0.25, 0.3) is 0 Å². The molecule has 1 aliphatic rings. The molecule has 0 unspecified atom stereocenters. The second-order valence-corrected chi connectivity index (χ2v) is 3.13. The average molecular weight is 196 g/mol. The minimum absolute atomic E-state index is 0.00620. The number of alkyl halides is 3. The van der Waals surface area contributed by atoms with Crippen molar-refractivity contribution in [3.8, 4) is 0 Å². The molecule has 1 aliphatic heterocycles. The summed E-state index contributed by atoms with van der Waals surface area (Å²) in [7, 11) is 0. The third kappa shape index (κ3) is 2.62. The summed E-state index contributed by atoms with van der Waals surface area (Å²) in [5, 5.41) is 8.87. The monoisotopic (exact) mass is 196 g/mol. The molecule has 2 atom stereocenters. The fourth-order valence-electron chi connectivity index (χ4n) is 1.27. The molecule has 1 fully saturated rings. The Hall–Kier alpha value is -0.710. The first-order valence-corrected chi connectivity index (χ1v) is 3.97. The van der Waals surface area contributed by atoms with E-state index in [0.717, 1.165) is 0 Å². The highest BCUT2D eigenvalue weighted by Gasteiger charge is 2.42. The van der Waals surface area contributed by atoms with Gasteiger partial charge in [-0.15, -0.1) is 0 Å². The van der Waals surface area contributed by atoms with E-state index in [4.69, 9.17) is 9.84 Å². The number of aliphatic hydroxyl groups excluding tert-OH is 1. The smallest absolute Gasteiger partial charge is 0.394 e. The van der Waals surface area contributed by atoms with Gasteiger partial charge in [0.1, 0.15) is 11.9 Å². The predicted molar refractivity (Wildman–Crippen MR) is 40.3 cm³/mol. The Morgan fingerprint density at radius 3 is 2.31 bits per heavy atom. The highest BCUT2D eigenvalue weighted by molar-refractivity contribution is 4.93. The summed E-state index contributed by atoms with van der Waals surface area (Å²) in [6.07, 6.45) is -4.65. The molecule has 0 bridgehead atoms. The molecular formula is C8H11F3O2. The van der Waals surface area contributed by atoms with Gasteiger partial charge in [-0.2, -0.15) is 13.2 Å². The molecule has 0 saturated carbocycles. The van der Waals surface area contributed by atoms with Crippen LogP contribution < -0.4 is 0 Å². The summed E-state index contributed by atoms with van der Waals surface area (Å²) in [6.45, 7) is 2.83. The molecule has 13 heavy (non-hydrogen) atoms. The molecule has 0 spiro atoms. The fourth-order valence-corrected chi connectivity index (χ4v) is 1.27. The van der Waals surface area contributed by atoms with E-state index < -0.39 is 18.2 Å². The van der Waals surface area contributed by atoms with Gasteiger partial charge in [0, 0.05) is 0 Å². The minimum Gasteiger partial charge on any atom is -0.510 e. The number of hydrogen-bond donors (Lipinski definition) is 1. The lowest BCUT2D eigenvalue weighted by atomic mass is 9.97. The van der Waals surface area contributed by atoms with E-state index >= 15 is 0 Å². The first kappa shape index (κ1) is 10.4. The number of aliphatic hydroxyl groups is 1. The van der Waals surface area contributed by atoms with E-state index in [9.17, 15) is 13.2 Å². The van der Waals surface area contributed by atoms with Crippen LogP contribution in [-0.2, 0) is 4.74 Å². The fraction of sp³-hybridized carbons (Fsp3) is 0.750. The van der Waals surface area contributed by atoms with E-state index in [1.54, 1.807) is 0 Å². The molecule has 0 aromatic rings. The van der Waals surface area contributed by atoms with E-state index in [2.05, 4.69) is 6.58 Å². The van der Waals surface area contributed by atoms with Gasteiger partial charge in [0.15, 0.2) is 0 Å². The van der Waals surface area contributed by atoms with Crippen LogP contribution in [0.25, 0.3) is 0 Å². The standard InChI is InChI=1S/C8H11F3O2/c1-5(12)7-3-2-6(4-13-7)8(9,10)11/h6-7,12H,1-4H2/t6-,7+/m1/s1. The zero-order chi connectivity index (χ0) is 10.1. The zero-order valence-electron chi connectivity index (χ0n) is 6.97. The Kier molecular flexibility index (Phi) is 2.85. The SMILES string of the molecule is C=C(O)[C@@H]1CC[C@@H](C(F)(F)F)CO1. The summed E-state index contributed by atoms with van der Waals surface area (Å²) in [4.78, 5) is 0. The van der Waals surface area contributed by atoms with Crippen molar-refractivity contribution < 1.29 is 23.0 Å². The number of hydrogen-bond acceptors (Lipinski definition) is 2. The number of ether oxygens (including phenoxy) is 1. The first-order valence-electron chi connectivity index (χ1n) is 3.97. The molecule has 0 radical (unpaired) electrons. The second kappa shape index (κ2) is 3.57. The lowest BCUT2D eigenvalue weighted by Gasteiger charge is -2.29. The third-order valence-electron chi connectivity index (χ3n) is 2.11. The van der Waals surface area contributed by atoms with Crippen molar-refractivity contribution in [3.63, 3.8) is 0 Å². The van der Waals surface area contributed by atoms with Crippen molar-refractivity contribution in [2.45, 2.75) is 25.1 Å². The van der Waals surface area contributed by atoms with Crippen LogP contribution in [0.4, 0.5) is 13.2 Å². The molecule has 1 rings (SSSR count). The van der Waals surface area contributed by atoms with E-state index in [0.29, 0.717) is 0 Å². The van der Waals surface area contributed by atoms with Crippen LogP contribution in [0, 0.1) is 5.92 Å². The molecule has 1 saturated heterocycles. The van der Waals surface area contributed by atoms with Crippen molar-refractivity contribution in [1.29, 1.82) is 0 Å². The van der Waals surface area contributed by atoms with Crippen LogP contribution in [0.15, 0.2) is 12.3 Å². The Balaban J connectivity index is 2.44. The zero-order valence-corrected chi connectivity index (χ0v) is 6.97. The maximum atomic E-state index is 12.1.